The van der Waals surface area contributed by atoms with Gasteiger partial charge in [0.15, 0.2) is 18.9 Å². The van der Waals surface area contributed by atoms with Crippen LogP contribution >= 0.6 is 46.9 Å². The van der Waals surface area contributed by atoms with Gasteiger partial charge in [0, 0.05) is 33.4 Å². The molecule has 1 aromatic heterocycles. The lowest BCUT2D eigenvalue weighted by molar-refractivity contribution is -0.694. The normalized spacial score (nSPS) is 19.0. The smallest absolute Gasteiger partial charge is 0.416 e. The summed E-state index contributed by atoms with van der Waals surface area (Å²) in [7, 11) is 0. The molecule has 4 rings (SSSR count). The van der Waals surface area contributed by atoms with Crippen LogP contribution in [0.1, 0.15) is 5.56 Å². The second kappa shape index (κ2) is 12.4. The Morgan fingerprint density at radius 1 is 1.23 bits per heavy atom. The number of aromatic nitrogens is 1. The van der Waals surface area contributed by atoms with Gasteiger partial charge in [-0.1, -0.05) is 11.6 Å². The minimum Gasteiger partial charge on any atom is -0.477 e. The highest BCUT2D eigenvalue weighted by molar-refractivity contribution is 8.01. The fraction of sp³-hybridized carbons (Fsp3) is 0.333. The molecule has 4 N–H and O–H groups in total. The number of aliphatic carboxylic acids is 1. The van der Waals surface area contributed by atoms with E-state index < -0.39 is 40.9 Å². The molecule has 0 aliphatic carbocycles. The maximum atomic E-state index is 13.0. The topological polar surface area (TPSA) is 117 Å². The lowest BCUT2D eigenvalue weighted by atomic mass is 10.0. The Labute approximate surface area is 239 Å². The molecule has 15 heteroatoms. The molecule has 2 aliphatic rings. The zero-order valence-corrected chi connectivity index (χ0v) is 23.3. The Kier molecular flexibility index (Phi) is 9.42. The zero-order chi connectivity index (χ0) is 28.3. The van der Waals surface area contributed by atoms with Crippen molar-refractivity contribution in [2.45, 2.75) is 33.9 Å². The lowest BCUT2D eigenvalue weighted by Gasteiger charge is -2.49. The number of hydrogen-bond acceptors (Lipinski definition) is 7. The van der Waals surface area contributed by atoms with Crippen molar-refractivity contribution in [1.29, 1.82) is 0 Å². The quantitative estimate of drug-likeness (QED) is 0.211. The van der Waals surface area contributed by atoms with Crippen LogP contribution in [-0.4, -0.2) is 63.0 Å². The molecule has 2 atom stereocenters. The van der Waals surface area contributed by atoms with Crippen LogP contribution in [0.2, 0.25) is 5.02 Å². The van der Waals surface area contributed by atoms with Crippen LogP contribution in [0.3, 0.4) is 0 Å². The average Bonchev–Trinajstić information content (AvgIpc) is 2.89. The van der Waals surface area contributed by atoms with E-state index in [4.69, 9.17) is 17.3 Å². The number of carboxylic acids is 1. The number of nitrogens with one attached hydrogen (secondary N) is 1. The van der Waals surface area contributed by atoms with Crippen molar-refractivity contribution in [3.8, 4) is 0 Å². The highest BCUT2D eigenvalue weighted by Gasteiger charge is 2.54. The third kappa shape index (κ3) is 6.85. The molecule has 0 bridgehead atoms. The Morgan fingerprint density at radius 3 is 2.59 bits per heavy atom. The summed E-state index contributed by atoms with van der Waals surface area (Å²) in [5, 5.41) is 11.9. The largest absolute Gasteiger partial charge is 0.477 e. The van der Waals surface area contributed by atoms with Crippen molar-refractivity contribution in [1.82, 2.24) is 10.2 Å². The van der Waals surface area contributed by atoms with Gasteiger partial charge in [0.2, 0.25) is 5.91 Å². The fourth-order valence-corrected chi connectivity index (χ4v) is 7.39. The van der Waals surface area contributed by atoms with Gasteiger partial charge in [-0.05, 0) is 23.8 Å². The standard InChI is InChI=1S/C24H22ClF3N4O4S3/c25-16-2-1-14(24(26,27)28)9-17(16)38-12-18(33)30-19-21(34)32-20(23(35)36)13(11-39-22(19)32)10-37-15-3-6-31(7-4-15)8-5-29/h1-4,6-7,9,19,22H,5,8,10-12,29H2,(H-,30,33,35,36)/p+1/t19-,22-/m1/s1. The van der Waals surface area contributed by atoms with Gasteiger partial charge in [-0.2, -0.15) is 13.2 Å². The molecular weight excluding hydrogens is 597 g/mol. The summed E-state index contributed by atoms with van der Waals surface area (Å²) in [4.78, 5) is 39.7. The Morgan fingerprint density at radius 2 is 1.95 bits per heavy atom. The molecule has 2 amide bonds. The lowest BCUT2D eigenvalue weighted by Crippen LogP contribution is -2.70. The number of amides is 2. The van der Waals surface area contributed by atoms with E-state index in [9.17, 15) is 32.7 Å². The summed E-state index contributed by atoms with van der Waals surface area (Å²) < 4.78 is 40.9. The predicted molar refractivity (Wildman–Crippen MR) is 143 cm³/mol. The Balaban J connectivity index is 1.37. The maximum Gasteiger partial charge on any atom is 0.416 e. The van der Waals surface area contributed by atoms with Gasteiger partial charge in [0.05, 0.1) is 22.9 Å². The molecule has 2 aromatic rings. The number of carboxylic acid groups (broad SMARTS) is 1. The summed E-state index contributed by atoms with van der Waals surface area (Å²) in [6.07, 6.45) is -0.777. The van der Waals surface area contributed by atoms with E-state index in [0.29, 0.717) is 30.2 Å². The number of halogens is 4. The molecule has 3 heterocycles. The number of thioether (sulfide) groups is 3. The number of rotatable bonds is 10. The van der Waals surface area contributed by atoms with Gasteiger partial charge >= 0.3 is 12.1 Å². The third-order valence-corrected chi connectivity index (χ3v) is 9.78. The van der Waals surface area contributed by atoms with E-state index in [2.05, 4.69) is 5.32 Å². The summed E-state index contributed by atoms with van der Waals surface area (Å²) in [6, 6.07) is 5.71. The van der Waals surface area contributed by atoms with Gasteiger partial charge in [-0.25, -0.2) is 9.36 Å². The molecule has 208 valence electrons. The highest BCUT2D eigenvalue weighted by Crippen LogP contribution is 2.42. The summed E-state index contributed by atoms with van der Waals surface area (Å²) in [5.41, 5.74) is 5.18. The Bertz CT molecular complexity index is 1310. The second-order valence-corrected chi connectivity index (χ2v) is 12.1. The van der Waals surface area contributed by atoms with Crippen molar-refractivity contribution in [2.24, 2.45) is 5.73 Å². The van der Waals surface area contributed by atoms with Gasteiger partial charge < -0.3 is 16.2 Å². The first-order valence-corrected chi connectivity index (χ1v) is 14.9. The number of fused-ring (bicyclic) bond motifs is 1. The number of nitrogens with zero attached hydrogens (tertiary/aromatic N) is 2. The number of nitrogens with two attached hydrogens (primary N) is 1. The molecule has 0 saturated carbocycles. The van der Waals surface area contributed by atoms with E-state index in [1.807, 2.05) is 29.1 Å². The summed E-state index contributed by atoms with van der Waals surface area (Å²) in [5.74, 6) is -1.89. The van der Waals surface area contributed by atoms with E-state index in [-0.39, 0.29) is 21.4 Å². The minimum absolute atomic E-state index is 0.0708. The fourth-order valence-electron chi connectivity index (χ4n) is 3.95. The van der Waals surface area contributed by atoms with Crippen molar-refractivity contribution in [3.63, 3.8) is 0 Å². The highest BCUT2D eigenvalue weighted by atomic mass is 35.5. The molecule has 0 spiro atoms. The van der Waals surface area contributed by atoms with Gasteiger partial charge in [-0.15, -0.1) is 35.3 Å². The SMILES string of the molecule is NCC[n+]1ccc(SCC2=C(C(=O)O)N3C(=O)[C@@H](NC(=O)CSc4cc(C(F)(F)F)ccc4Cl)[C@H]3SC2)cc1. The number of β-lactam (4-membered cyclic amide) rings is 1. The first-order chi connectivity index (χ1) is 18.5. The van der Waals surface area contributed by atoms with E-state index in [1.54, 1.807) is 0 Å². The summed E-state index contributed by atoms with van der Waals surface area (Å²) in [6.45, 7) is 1.20. The van der Waals surface area contributed by atoms with Gasteiger partial charge in [0.1, 0.15) is 17.1 Å². The molecule has 39 heavy (non-hydrogen) atoms. The monoisotopic (exact) mass is 619 g/mol. The van der Waals surface area contributed by atoms with Crippen molar-refractivity contribution in [3.05, 3.63) is 64.6 Å². The average molecular weight is 620 g/mol. The van der Waals surface area contributed by atoms with Crippen LogP contribution in [0.4, 0.5) is 13.2 Å². The molecular formula is C24H23ClF3N4O4S3+. The molecule has 1 saturated heterocycles. The third-order valence-electron chi connectivity index (χ3n) is 5.84. The van der Waals surface area contributed by atoms with Crippen LogP contribution in [0, 0.1) is 0 Å². The maximum absolute atomic E-state index is 13.0. The number of pyridine rings is 1. The van der Waals surface area contributed by atoms with E-state index in [0.717, 1.165) is 34.9 Å². The van der Waals surface area contributed by atoms with Gasteiger partial charge in [-0.3, -0.25) is 14.5 Å². The second-order valence-electron chi connectivity index (χ2n) is 8.49. The van der Waals surface area contributed by atoms with E-state index in [1.165, 1.54) is 28.4 Å². The van der Waals surface area contributed by atoms with Crippen LogP contribution < -0.4 is 15.6 Å². The van der Waals surface area contributed by atoms with E-state index >= 15 is 0 Å². The molecule has 8 nitrogen and oxygen atoms in total. The van der Waals surface area contributed by atoms with Crippen molar-refractivity contribution >= 4 is 64.7 Å². The van der Waals surface area contributed by atoms with Crippen LogP contribution in [-0.2, 0) is 27.1 Å². The molecule has 1 fully saturated rings. The molecule has 1 aromatic carbocycles. The van der Waals surface area contributed by atoms with Crippen LogP contribution in [0.25, 0.3) is 0 Å². The first-order valence-electron chi connectivity index (χ1n) is 11.5. The minimum atomic E-state index is -4.55. The van der Waals surface area contributed by atoms with Crippen molar-refractivity contribution < 1.29 is 37.2 Å². The van der Waals surface area contributed by atoms with Crippen LogP contribution in [0.5, 0.6) is 0 Å². The number of hydrogen-bond donors (Lipinski definition) is 3. The molecule has 2 aliphatic heterocycles. The molecule has 0 unspecified atom stereocenters. The summed E-state index contributed by atoms with van der Waals surface area (Å²) >= 11 is 9.60. The number of alkyl halides is 3. The zero-order valence-electron chi connectivity index (χ0n) is 20.1. The first kappa shape index (κ1) is 29.6. The van der Waals surface area contributed by atoms with Crippen LogP contribution in [0.15, 0.2) is 63.8 Å². The van der Waals surface area contributed by atoms with Crippen molar-refractivity contribution in [2.75, 3.05) is 23.8 Å². The number of carbonyl (C=O) groups excluding carboxylic acids is 2. The van der Waals surface area contributed by atoms with Gasteiger partial charge in [0.25, 0.3) is 5.91 Å². The Hall–Kier alpha value is -2.39. The molecule has 0 radical (unpaired) electrons. The number of carbonyl (C=O) groups is 3. The number of benzene rings is 1. The predicted octanol–water partition coefficient (Wildman–Crippen LogP) is 3.23.